The van der Waals surface area contributed by atoms with Crippen LogP contribution in [0.4, 0.5) is 4.39 Å². The van der Waals surface area contributed by atoms with Gasteiger partial charge in [-0.3, -0.25) is 9.78 Å². The first kappa shape index (κ1) is 19.9. The minimum atomic E-state index is -0.437. The molecule has 10 heteroatoms. The molecular formula is C20H20FN5O4. The molecule has 4 rings (SSSR count). The highest BCUT2D eigenvalue weighted by atomic mass is 19.1. The first-order chi connectivity index (χ1) is 14.6. The lowest BCUT2D eigenvalue weighted by molar-refractivity contribution is 0.0694. The molecule has 0 saturated carbocycles. The van der Waals surface area contributed by atoms with E-state index in [0.717, 1.165) is 19.0 Å². The molecule has 1 amide bonds. The summed E-state index contributed by atoms with van der Waals surface area (Å²) in [4.78, 5) is 24.6. The average Bonchev–Trinajstić information content (AvgIpc) is 3.14. The zero-order valence-electron chi connectivity index (χ0n) is 16.3. The summed E-state index contributed by atoms with van der Waals surface area (Å²) in [5, 5.41) is 6.91. The van der Waals surface area contributed by atoms with Crippen LogP contribution in [0.25, 0.3) is 11.4 Å². The number of hydrogen-bond acceptors (Lipinski definition) is 8. The summed E-state index contributed by atoms with van der Waals surface area (Å²) < 4.78 is 29.3. The van der Waals surface area contributed by atoms with E-state index in [1.165, 1.54) is 24.5 Å². The van der Waals surface area contributed by atoms with Crippen LogP contribution in [0.1, 0.15) is 34.7 Å². The summed E-state index contributed by atoms with van der Waals surface area (Å²) in [6.07, 6.45) is 5.43. The van der Waals surface area contributed by atoms with Gasteiger partial charge >= 0.3 is 0 Å². The largest absolute Gasteiger partial charge is 0.471 e. The van der Waals surface area contributed by atoms with Crippen LogP contribution in [0.3, 0.4) is 0 Å². The van der Waals surface area contributed by atoms with Crippen LogP contribution >= 0.6 is 0 Å². The minimum absolute atomic E-state index is 0.0824. The molecule has 1 aliphatic rings. The van der Waals surface area contributed by atoms with Crippen molar-refractivity contribution in [3.63, 3.8) is 0 Å². The fourth-order valence-electron chi connectivity index (χ4n) is 3.03. The Morgan fingerprint density at radius 3 is 2.73 bits per heavy atom. The van der Waals surface area contributed by atoms with E-state index in [1.807, 2.05) is 0 Å². The third-order valence-electron chi connectivity index (χ3n) is 4.74. The summed E-state index contributed by atoms with van der Waals surface area (Å²) in [5.41, 5.74) is 1.81. The van der Waals surface area contributed by atoms with Crippen LogP contribution < -0.4 is 10.1 Å². The van der Waals surface area contributed by atoms with Crippen LogP contribution in [0.5, 0.6) is 5.88 Å². The van der Waals surface area contributed by atoms with Crippen LogP contribution in [-0.4, -0.2) is 45.3 Å². The van der Waals surface area contributed by atoms with Gasteiger partial charge in [-0.2, -0.15) is 0 Å². The molecule has 0 atom stereocenters. The maximum absolute atomic E-state index is 13.1. The zero-order valence-corrected chi connectivity index (χ0v) is 16.3. The van der Waals surface area contributed by atoms with Crippen molar-refractivity contribution in [1.82, 2.24) is 25.4 Å². The molecule has 3 aromatic heterocycles. The Labute approximate surface area is 171 Å². The predicted octanol–water partition coefficient (Wildman–Crippen LogP) is 2.46. The van der Waals surface area contributed by atoms with Gasteiger partial charge in [0.05, 0.1) is 29.8 Å². The van der Waals surface area contributed by atoms with E-state index in [-0.39, 0.29) is 30.1 Å². The molecule has 0 bridgehead atoms. The zero-order chi connectivity index (χ0) is 20.9. The molecule has 0 radical (unpaired) electrons. The Morgan fingerprint density at radius 1 is 1.20 bits per heavy atom. The number of hydrogen-bond donors (Lipinski definition) is 1. The SMILES string of the molecule is Cc1onc(-c2ccc(F)cn2)c1COc1cnc(C(=O)NC2CCOCC2)cn1. The number of carbonyl (C=O) groups is 1. The van der Waals surface area contributed by atoms with Gasteiger partial charge in [-0.1, -0.05) is 5.16 Å². The number of pyridine rings is 1. The van der Waals surface area contributed by atoms with Crippen molar-refractivity contribution >= 4 is 5.91 Å². The Balaban J connectivity index is 1.39. The van der Waals surface area contributed by atoms with E-state index in [0.29, 0.717) is 35.9 Å². The van der Waals surface area contributed by atoms with Gasteiger partial charge in [-0.15, -0.1) is 0 Å². The number of halogens is 1. The molecule has 4 heterocycles. The number of nitrogens with one attached hydrogen (secondary N) is 1. The summed E-state index contributed by atoms with van der Waals surface area (Å²) in [6.45, 7) is 3.13. The lowest BCUT2D eigenvalue weighted by Gasteiger charge is -2.22. The van der Waals surface area contributed by atoms with Crippen molar-refractivity contribution in [3.05, 3.63) is 53.6 Å². The maximum Gasteiger partial charge on any atom is 0.271 e. The number of rotatable bonds is 6. The number of aryl methyl sites for hydroxylation is 1. The Morgan fingerprint density at radius 2 is 2.03 bits per heavy atom. The molecule has 1 aliphatic heterocycles. The molecule has 0 unspecified atom stereocenters. The minimum Gasteiger partial charge on any atom is -0.471 e. The van der Waals surface area contributed by atoms with Gasteiger partial charge in [0.25, 0.3) is 5.91 Å². The molecule has 0 aliphatic carbocycles. The molecule has 0 aromatic carbocycles. The summed E-state index contributed by atoms with van der Waals surface area (Å²) >= 11 is 0. The van der Waals surface area contributed by atoms with Gasteiger partial charge in [0.2, 0.25) is 5.88 Å². The second kappa shape index (κ2) is 8.95. The molecule has 1 fully saturated rings. The summed E-state index contributed by atoms with van der Waals surface area (Å²) in [7, 11) is 0. The topological polar surface area (TPSA) is 112 Å². The molecular weight excluding hydrogens is 393 g/mol. The highest BCUT2D eigenvalue weighted by molar-refractivity contribution is 5.92. The molecule has 0 spiro atoms. The number of nitrogens with zero attached hydrogens (tertiary/aromatic N) is 4. The second-order valence-electron chi connectivity index (χ2n) is 6.82. The fraction of sp³-hybridized carbons (Fsp3) is 0.350. The van der Waals surface area contributed by atoms with Gasteiger partial charge in [-0.25, -0.2) is 14.4 Å². The first-order valence-corrected chi connectivity index (χ1v) is 9.50. The number of aromatic nitrogens is 4. The molecule has 1 saturated heterocycles. The molecule has 156 valence electrons. The number of amides is 1. The highest BCUT2D eigenvalue weighted by Crippen LogP contribution is 2.24. The van der Waals surface area contributed by atoms with Crippen molar-refractivity contribution in [2.45, 2.75) is 32.4 Å². The van der Waals surface area contributed by atoms with Crippen LogP contribution in [0, 0.1) is 12.7 Å². The molecule has 1 N–H and O–H groups in total. The lowest BCUT2D eigenvalue weighted by atomic mass is 10.1. The average molecular weight is 413 g/mol. The van der Waals surface area contributed by atoms with Gasteiger partial charge in [0.15, 0.2) is 0 Å². The van der Waals surface area contributed by atoms with E-state index in [9.17, 15) is 9.18 Å². The third kappa shape index (κ3) is 4.60. The third-order valence-corrected chi connectivity index (χ3v) is 4.74. The van der Waals surface area contributed by atoms with E-state index in [4.69, 9.17) is 14.0 Å². The van der Waals surface area contributed by atoms with Crippen molar-refractivity contribution in [2.75, 3.05) is 13.2 Å². The van der Waals surface area contributed by atoms with E-state index in [1.54, 1.807) is 6.92 Å². The Bertz CT molecular complexity index is 1000. The van der Waals surface area contributed by atoms with Gasteiger partial charge in [0, 0.05) is 19.3 Å². The summed E-state index contributed by atoms with van der Waals surface area (Å²) in [6, 6.07) is 2.90. The van der Waals surface area contributed by atoms with Crippen molar-refractivity contribution in [3.8, 4) is 17.3 Å². The fourth-order valence-corrected chi connectivity index (χ4v) is 3.03. The monoisotopic (exact) mass is 413 g/mol. The van der Waals surface area contributed by atoms with E-state index in [2.05, 4.69) is 25.4 Å². The highest BCUT2D eigenvalue weighted by Gasteiger charge is 2.19. The van der Waals surface area contributed by atoms with Crippen LogP contribution in [-0.2, 0) is 11.3 Å². The number of ether oxygens (including phenoxy) is 2. The van der Waals surface area contributed by atoms with Crippen molar-refractivity contribution in [1.29, 1.82) is 0 Å². The maximum atomic E-state index is 13.1. The Kier molecular flexibility index (Phi) is 5.94. The quantitative estimate of drug-likeness (QED) is 0.656. The summed E-state index contributed by atoms with van der Waals surface area (Å²) in [5.74, 6) is 0.0845. The van der Waals surface area contributed by atoms with Gasteiger partial charge < -0.3 is 19.3 Å². The smallest absolute Gasteiger partial charge is 0.271 e. The molecule has 3 aromatic rings. The molecule has 30 heavy (non-hydrogen) atoms. The Hall–Kier alpha value is -3.40. The van der Waals surface area contributed by atoms with Crippen LogP contribution in [0.2, 0.25) is 0 Å². The van der Waals surface area contributed by atoms with Gasteiger partial charge in [-0.05, 0) is 31.9 Å². The van der Waals surface area contributed by atoms with Gasteiger partial charge in [0.1, 0.15) is 29.6 Å². The standard InChI is InChI=1S/C20H20FN5O4/c1-12-15(19(26-30-12)16-3-2-13(21)8-22-16)11-29-18-10-23-17(9-24-18)20(27)25-14-4-6-28-7-5-14/h2-3,8-10,14H,4-7,11H2,1H3,(H,25,27). The van der Waals surface area contributed by atoms with Crippen molar-refractivity contribution < 1.29 is 23.2 Å². The predicted molar refractivity (Wildman–Crippen MR) is 102 cm³/mol. The van der Waals surface area contributed by atoms with E-state index >= 15 is 0 Å². The first-order valence-electron chi connectivity index (χ1n) is 9.50. The van der Waals surface area contributed by atoms with E-state index < -0.39 is 5.82 Å². The number of carbonyl (C=O) groups excluding carboxylic acids is 1. The second-order valence-corrected chi connectivity index (χ2v) is 6.82. The van der Waals surface area contributed by atoms with Crippen LogP contribution in [0.15, 0.2) is 35.2 Å². The normalized spacial score (nSPS) is 14.5. The molecule has 9 nitrogen and oxygen atoms in total. The van der Waals surface area contributed by atoms with Crippen molar-refractivity contribution in [2.24, 2.45) is 0 Å². The lowest BCUT2D eigenvalue weighted by Crippen LogP contribution is -2.39.